The van der Waals surface area contributed by atoms with Gasteiger partial charge in [-0.1, -0.05) is 13.8 Å². The van der Waals surface area contributed by atoms with E-state index in [4.69, 9.17) is 0 Å². The fourth-order valence-electron chi connectivity index (χ4n) is 1.04. The van der Waals surface area contributed by atoms with Crippen molar-refractivity contribution in [2.75, 3.05) is 0 Å². The van der Waals surface area contributed by atoms with Gasteiger partial charge in [-0.3, -0.25) is 4.79 Å². The molecular formula is C10H16F3NO. The number of alkyl halides is 3. The summed E-state index contributed by atoms with van der Waals surface area (Å²) in [5, 5.41) is 2.38. The number of hydrogen-bond donors (Lipinski definition) is 1. The van der Waals surface area contributed by atoms with Gasteiger partial charge in [-0.05, 0) is 19.8 Å². The molecule has 0 saturated carbocycles. The number of hydrogen-bond acceptors (Lipinski definition) is 1. The van der Waals surface area contributed by atoms with Gasteiger partial charge in [0, 0.05) is 17.7 Å². The monoisotopic (exact) mass is 223 g/mol. The van der Waals surface area contributed by atoms with Crippen LogP contribution in [0.1, 0.15) is 27.7 Å². The molecule has 2 nitrogen and oxygen atoms in total. The Labute approximate surface area is 87.5 Å². The van der Waals surface area contributed by atoms with Crippen LogP contribution in [0.15, 0.2) is 11.6 Å². The molecule has 0 spiro atoms. The fraction of sp³-hybridized carbons (Fsp3) is 0.700. The van der Waals surface area contributed by atoms with Crippen molar-refractivity contribution in [3.63, 3.8) is 0 Å². The highest BCUT2D eigenvalue weighted by atomic mass is 19.4. The molecule has 0 bridgehead atoms. The Balaban J connectivity index is 4.78. The lowest BCUT2D eigenvalue weighted by molar-refractivity contribution is -0.119. The molecule has 1 amide bonds. The van der Waals surface area contributed by atoms with Crippen LogP contribution in [0, 0.1) is 5.92 Å². The van der Waals surface area contributed by atoms with Gasteiger partial charge in [0.15, 0.2) is 0 Å². The van der Waals surface area contributed by atoms with Crippen molar-refractivity contribution in [2.24, 2.45) is 5.92 Å². The Morgan fingerprint density at radius 2 is 1.67 bits per heavy atom. The molecule has 0 fully saturated rings. The third-order valence-electron chi connectivity index (χ3n) is 1.67. The molecule has 0 rings (SSSR count). The van der Waals surface area contributed by atoms with E-state index in [2.05, 4.69) is 5.32 Å². The first-order valence-electron chi connectivity index (χ1n) is 4.74. The SMILES string of the molecule is CC(C)NC(=O)/C=C(\C(C)C)C(F)(F)F. The molecule has 0 aliphatic carbocycles. The van der Waals surface area contributed by atoms with Gasteiger partial charge in [0.25, 0.3) is 0 Å². The van der Waals surface area contributed by atoms with Crippen LogP contribution in [0.25, 0.3) is 0 Å². The number of carbonyl (C=O) groups is 1. The maximum Gasteiger partial charge on any atom is 0.413 e. The molecule has 0 atom stereocenters. The molecule has 0 aliphatic heterocycles. The van der Waals surface area contributed by atoms with E-state index in [1.165, 1.54) is 13.8 Å². The second kappa shape index (κ2) is 5.19. The van der Waals surface area contributed by atoms with Crippen molar-refractivity contribution in [1.82, 2.24) is 5.32 Å². The van der Waals surface area contributed by atoms with Crippen molar-refractivity contribution in [3.05, 3.63) is 11.6 Å². The minimum atomic E-state index is -4.44. The summed E-state index contributed by atoms with van der Waals surface area (Å²) in [5.74, 6) is -1.42. The Morgan fingerprint density at radius 3 is 1.93 bits per heavy atom. The lowest BCUT2D eigenvalue weighted by Crippen LogP contribution is -2.30. The number of halogens is 3. The van der Waals surface area contributed by atoms with Crippen molar-refractivity contribution in [1.29, 1.82) is 0 Å². The molecule has 0 aromatic heterocycles. The highest BCUT2D eigenvalue weighted by molar-refractivity contribution is 5.88. The van der Waals surface area contributed by atoms with Crippen LogP contribution in [-0.4, -0.2) is 18.1 Å². The molecule has 0 heterocycles. The third kappa shape index (κ3) is 5.44. The first-order valence-corrected chi connectivity index (χ1v) is 4.74. The Morgan fingerprint density at radius 1 is 1.20 bits per heavy atom. The van der Waals surface area contributed by atoms with Gasteiger partial charge >= 0.3 is 6.18 Å². The normalized spacial score (nSPS) is 13.5. The van der Waals surface area contributed by atoms with Gasteiger partial charge in [0.2, 0.25) is 5.91 Å². The number of allylic oxidation sites excluding steroid dienone is 1. The highest BCUT2D eigenvalue weighted by Gasteiger charge is 2.35. The van der Waals surface area contributed by atoms with Gasteiger partial charge < -0.3 is 5.32 Å². The maximum atomic E-state index is 12.4. The largest absolute Gasteiger partial charge is 0.413 e. The summed E-state index contributed by atoms with van der Waals surface area (Å²) < 4.78 is 37.3. The van der Waals surface area contributed by atoms with Crippen LogP contribution in [0.5, 0.6) is 0 Å². The molecule has 15 heavy (non-hydrogen) atoms. The predicted octanol–water partition coefficient (Wildman–Crippen LogP) is 2.66. The Bertz CT molecular complexity index is 254. The fourth-order valence-corrected chi connectivity index (χ4v) is 1.04. The lowest BCUT2D eigenvalue weighted by Gasteiger charge is -2.15. The van der Waals surface area contributed by atoms with E-state index in [1.807, 2.05) is 0 Å². The molecule has 0 aliphatic rings. The molecule has 0 radical (unpaired) electrons. The van der Waals surface area contributed by atoms with E-state index in [9.17, 15) is 18.0 Å². The average Bonchev–Trinajstić information content (AvgIpc) is 1.95. The summed E-state index contributed by atoms with van der Waals surface area (Å²) in [6.45, 7) is 6.19. The summed E-state index contributed by atoms with van der Waals surface area (Å²) in [7, 11) is 0. The number of carbonyl (C=O) groups excluding carboxylic acids is 1. The standard InChI is InChI=1S/C10H16F3NO/c1-6(2)8(10(11,12)13)5-9(15)14-7(3)4/h5-7H,1-4H3,(H,14,15)/b8-5+. The zero-order chi connectivity index (χ0) is 12.2. The molecular weight excluding hydrogens is 207 g/mol. The van der Waals surface area contributed by atoms with Crippen molar-refractivity contribution < 1.29 is 18.0 Å². The number of nitrogens with one attached hydrogen (secondary N) is 1. The molecule has 5 heteroatoms. The molecule has 88 valence electrons. The minimum absolute atomic E-state index is 0.171. The summed E-state index contributed by atoms with van der Waals surface area (Å²) >= 11 is 0. The van der Waals surface area contributed by atoms with Gasteiger partial charge in [-0.25, -0.2) is 0 Å². The minimum Gasteiger partial charge on any atom is -0.350 e. The van der Waals surface area contributed by atoms with Gasteiger partial charge in [0.05, 0.1) is 0 Å². The van der Waals surface area contributed by atoms with Gasteiger partial charge in [-0.15, -0.1) is 0 Å². The molecule has 0 unspecified atom stereocenters. The summed E-state index contributed by atoms with van der Waals surface area (Å²) in [6, 6.07) is -0.171. The lowest BCUT2D eigenvalue weighted by atomic mass is 10.0. The van der Waals surface area contributed by atoms with Crippen LogP contribution in [-0.2, 0) is 4.79 Å². The van der Waals surface area contributed by atoms with Crippen LogP contribution in [0.4, 0.5) is 13.2 Å². The van der Waals surface area contributed by atoms with Crippen molar-refractivity contribution in [2.45, 2.75) is 39.9 Å². The van der Waals surface area contributed by atoms with E-state index in [0.717, 1.165) is 0 Å². The zero-order valence-corrected chi connectivity index (χ0v) is 9.27. The average molecular weight is 223 g/mol. The van der Waals surface area contributed by atoms with E-state index in [1.54, 1.807) is 13.8 Å². The summed E-state index contributed by atoms with van der Waals surface area (Å²) in [6.07, 6.45) is -3.81. The van der Waals surface area contributed by atoms with Crippen LogP contribution < -0.4 is 5.32 Å². The molecule has 1 N–H and O–H groups in total. The van der Waals surface area contributed by atoms with Gasteiger partial charge in [-0.2, -0.15) is 13.2 Å². The van der Waals surface area contributed by atoms with Gasteiger partial charge in [0.1, 0.15) is 0 Å². The molecule has 0 aromatic carbocycles. The maximum absolute atomic E-state index is 12.4. The first kappa shape index (κ1) is 14.0. The Kier molecular flexibility index (Phi) is 4.84. The summed E-state index contributed by atoms with van der Waals surface area (Å²) in [4.78, 5) is 11.1. The first-order chi connectivity index (χ1) is 6.64. The molecule has 0 saturated heterocycles. The molecule has 0 aromatic rings. The van der Waals surface area contributed by atoms with E-state index < -0.39 is 23.6 Å². The van der Waals surface area contributed by atoms with E-state index >= 15 is 0 Å². The van der Waals surface area contributed by atoms with Crippen molar-refractivity contribution >= 4 is 5.91 Å². The quantitative estimate of drug-likeness (QED) is 0.732. The smallest absolute Gasteiger partial charge is 0.350 e. The topological polar surface area (TPSA) is 29.1 Å². The Hall–Kier alpha value is -1.00. The van der Waals surface area contributed by atoms with Crippen molar-refractivity contribution in [3.8, 4) is 0 Å². The van der Waals surface area contributed by atoms with Crippen LogP contribution in [0.3, 0.4) is 0 Å². The second-order valence-electron chi connectivity index (χ2n) is 3.92. The highest BCUT2D eigenvalue weighted by Crippen LogP contribution is 2.30. The predicted molar refractivity (Wildman–Crippen MR) is 52.3 cm³/mol. The second-order valence-corrected chi connectivity index (χ2v) is 3.92. The number of rotatable bonds is 3. The summed E-state index contributed by atoms with van der Waals surface area (Å²) in [5.41, 5.74) is -0.805. The third-order valence-corrected chi connectivity index (χ3v) is 1.67. The van der Waals surface area contributed by atoms with E-state index in [-0.39, 0.29) is 6.04 Å². The zero-order valence-electron chi connectivity index (χ0n) is 9.27. The van der Waals surface area contributed by atoms with Crippen LogP contribution >= 0.6 is 0 Å². The number of amides is 1. The van der Waals surface area contributed by atoms with Crippen LogP contribution in [0.2, 0.25) is 0 Å². The van der Waals surface area contributed by atoms with E-state index in [0.29, 0.717) is 6.08 Å².